The molecule has 0 saturated heterocycles. The van der Waals surface area contributed by atoms with Crippen molar-refractivity contribution in [2.45, 2.75) is 18.7 Å². The summed E-state index contributed by atoms with van der Waals surface area (Å²) in [5.41, 5.74) is 1.01. The van der Waals surface area contributed by atoms with E-state index in [2.05, 4.69) is 0 Å². The van der Waals surface area contributed by atoms with Gasteiger partial charge in [-0.1, -0.05) is 108 Å². The third-order valence-corrected chi connectivity index (χ3v) is 14.0. The highest BCUT2D eigenvalue weighted by Gasteiger charge is 2.30. The van der Waals surface area contributed by atoms with Gasteiger partial charge in [-0.25, -0.2) is 8.42 Å². The monoisotopic (exact) mass is 473 g/mol. The fourth-order valence-corrected chi connectivity index (χ4v) is 11.0. The molecular weight excluding hydrogens is 449 g/mol. The summed E-state index contributed by atoms with van der Waals surface area (Å²) in [5, 5.41) is 0.350. The van der Waals surface area contributed by atoms with Crippen molar-refractivity contribution in [2.75, 3.05) is 7.05 Å². The molecule has 0 radical (unpaired) electrons. The van der Waals surface area contributed by atoms with Gasteiger partial charge in [0, 0.05) is 7.05 Å². The maximum atomic E-state index is 13.3. The zero-order valence-electron chi connectivity index (χ0n) is 17.1. The summed E-state index contributed by atoms with van der Waals surface area (Å²) in [7, 11) is -2.10. The second-order valence-corrected chi connectivity index (χ2v) is 16.0. The summed E-state index contributed by atoms with van der Waals surface area (Å²) in [6, 6.07) is 26.8. The van der Waals surface area contributed by atoms with Crippen molar-refractivity contribution in [1.82, 2.24) is 4.31 Å². The molecule has 30 heavy (non-hydrogen) atoms. The Balaban J connectivity index is 2.03. The van der Waals surface area contributed by atoms with Crippen LogP contribution in [0, 0.1) is 6.92 Å². The van der Waals surface area contributed by atoms with Gasteiger partial charge in [0.15, 0.2) is 0 Å². The molecule has 3 aromatic carbocycles. The first-order valence-electron chi connectivity index (χ1n) is 9.42. The van der Waals surface area contributed by atoms with E-state index in [9.17, 15) is 8.42 Å². The zero-order chi connectivity index (χ0) is 21.8. The standard InChI is InChI=1S/C23H24NO2PS3/c1-4-23(24(3)30(25,26)22-17-15-19(2)16-18-22)29-27(28,20-11-7-5-8-12-20)21-13-9-6-10-14-21/h4-18H,1-3H3/b23-4+. The van der Waals surface area contributed by atoms with E-state index in [1.165, 1.54) is 15.7 Å². The normalized spacial score (nSPS) is 12.6. The van der Waals surface area contributed by atoms with Crippen molar-refractivity contribution in [2.24, 2.45) is 0 Å². The molecule has 7 heteroatoms. The van der Waals surface area contributed by atoms with E-state index in [1.807, 2.05) is 92.7 Å². The third-order valence-electron chi connectivity index (χ3n) is 4.65. The number of rotatable bonds is 7. The van der Waals surface area contributed by atoms with Crippen LogP contribution < -0.4 is 10.6 Å². The van der Waals surface area contributed by atoms with Crippen molar-refractivity contribution in [1.29, 1.82) is 0 Å². The molecule has 0 atom stereocenters. The first-order chi connectivity index (χ1) is 14.3. The van der Waals surface area contributed by atoms with Crippen molar-refractivity contribution in [3.8, 4) is 0 Å². The lowest BCUT2D eigenvalue weighted by molar-refractivity contribution is 0.535. The Morgan fingerprint density at radius 2 is 1.37 bits per heavy atom. The molecule has 0 unspecified atom stereocenters. The summed E-state index contributed by atoms with van der Waals surface area (Å²) in [6.45, 7) is 3.78. The van der Waals surface area contributed by atoms with E-state index in [4.69, 9.17) is 11.8 Å². The van der Waals surface area contributed by atoms with E-state index in [-0.39, 0.29) is 4.90 Å². The minimum atomic E-state index is -3.69. The molecule has 0 heterocycles. The van der Waals surface area contributed by atoms with Crippen LogP contribution in [0.5, 0.6) is 0 Å². The van der Waals surface area contributed by atoms with Gasteiger partial charge in [0.05, 0.1) is 15.2 Å². The topological polar surface area (TPSA) is 37.4 Å². The van der Waals surface area contributed by atoms with Gasteiger partial charge in [-0.2, -0.15) is 0 Å². The van der Waals surface area contributed by atoms with Crippen LogP contribution >= 0.6 is 16.6 Å². The van der Waals surface area contributed by atoms with Crippen LogP contribution in [0.1, 0.15) is 12.5 Å². The molecular formula is C23H24NO2PS3. The number of aryl methyl sites for hydroxylation is 1. The summed E-state index contributed by atoms with van der Waals surface area (Å²) in [5.74, 6) is 0. The molecule has 3 rings (SSSR count). The van der Waals surface area contributed by atoms with Gasteiger partial charge in [-0.3, -0.25) is 4.31 Å². The maximum Gasteiger partial charge on any atom is 0.264 e. The van der Waals surface area contributed by atoms with E-state index >= 15 is 0 Å². The Morgan fingerprint density at radius 3 is 1.80 bits per heavy atom. The number of hydrogen-bond donors (Lipinski definition) is 0. The summed E-state index contributed by atoms with van der Waals surface area (Å²) >= 11 is 7.73. The second kappa shape index (κ2) is 9.52. The predicted molar refractivity (Wildman–Crippen MR) is 134 cm³/mol. The quantitative estimate of drug-likeness (QED) is 0.439. The Hall–Kier alpha value is -1.85. The van der Waals surface area contributed by atoms with Crippen molar-refractivity contribution in [3.63, 3.8) is 0 Å². The average Bonchev–Trinajstić information content (AvgIpc) is 2.78. The molecule has 3 nitrogen and oxygen atoms in total. The van der Waals surface area contributed by atoms with E-state index < -0.39 is 15.3 Å². The van der Waals surface area contributed by atoms with E-state index in [1.54, 1.807) is 19.2 Å². The molecule has 0 aliphatic carbocycles. The van der Waals surface area contributed by atoms with Gasteiger partial charge in [0.25, 0.3) is 10.0 Å². The maximum absolute atomic E-state index is 13.3. The first kappa shape index (κ1) is 22.8. The molecule has 0 spiro atoms. The molecule has 0 aliphatic rings. The number of benzene rings is 3. The van der Waals surface area contributed by atoms with Crippen LogP contribution in [0.4, 0.5) is 0 Å². The van der Waals surface area contributed by atoms with Crippen LogP contribution in [0.3, 0.4) is 0 Å². The fourth-order valence-electron chi connectivity index (χ4n) is 2.91. The fraction of sp³-hybridized carbons (Fsp3) is 0.130. The van der Waals surface area contributed by atoms with Gasteiger partial charge >= 0.3 is 0 Å². The van der Waals surface area contributed by atoms with Gasteiger partial charge in [-0.15, -0.1) is 0 Å². The first-order valence-corrected chi connectivity index (χ1v) is 15.1. The molecule has 156 valence electrons. The lowest BCUT2D eigenvalue weighted by Crippen LogP contribution is -2.26. The summed E-state index contributed by atoms with van der Waals surface area (Å²) < 4.78 is 27.8. The Morgan fingerprint density at radius 1 is 0.900 bits per heavy atom. The van der Waals surface area contributed by atoms with Gasteiger partial charge in [0.1, 0.15) is 0 Å². The lowest BCUT2D eigenvalue weighted by Gasteiger charge is -2.28. The Bertz CT molecular complexity index is 1130. The van der Waals surface area contributed by atoms with Gasteiger partial charge in [0.2, 0.25) is 0 Å². The average molecular weight is 474 g/mol. The molecule has 0 saturated carbocycles. The lowest BCUT2D eigenvalue weighted by atomic mass is 10.2. The smallest absolute Gasteiger partial charge is 0.263 e. The third kappa shape index (κ3) is 4.73. The van der Waals surface area contributed by atoms with Crippen LogP contribution in [0.2, 0.25) is 0 Å². The zero-order valence-corrected chi connectivity index (χ0v) is 20.4. The van der Waals surface area contributed by atoms with Crippen molar-refractivity contribution >= 4 is 49.1 Å². The van der Waals surface area contributed by atoms with Gasteiger partial charge < -0.3 is 0 Å². The molecule has 0 amide bonds. The minimum Gasteiger partial charge on any atom is -0.263 e. The molecule has 0 aromatic heterocycles. The number of nitrogens with zero attached hydrogens (tertiary/aromatic N) is 1. The van der Waals surface area contributed by atoms with Gasteiger partial charge in [-0.05, 0) is 36.6 Å². The number of allylic oxidation sites excluding steroid dienone is 1. The number of hydrogen-bond acceptors (Lipinski definition) is 4. The number of sulfonamides is 1. The SMILES string of the molecule is C/C=C(/SP(=S)(c1ccccc1)c1ccccc1)N(C)S(=O)(=O)c1ccc(C)cc1. The van der Waals surface area contributed by atoms with Crippen LogP contribution in [-0.4, -0.2) is 19.8 Å². The van der Waals surface area contributed by atoms with Crippen LogP contribution in [0.25, 0.3) is 0 Å². The molecule has 0 fully saturated rings. The minimum absolute atomic E-state index is 0.267. The highest BCUT2D eigenvalue weighted by molar-refractivity contribution is 8.76. The predicted octanol–water partition coefficient (Wildman–Crippen LogP) is 5.26. The summed E-state index contributed by atoms with van der Waals surface area (Å²) in [6.07, 6.45) is 1.82. The molecule has 0 bridgehead atoms. The van der Waals surface area contributed by atoms with E-state index in [0.717, 1.165) is 16.2 Å². The molecule has 0 aliphatic heterocycles. The molecule has 3 aromatic rings. The highest BCUT2D eigenvalue weighted by atomic mass is 32.9. The van der Waals surface area contributed by atoms with Crippen molar-refractivity contribution in [3.05, 3.63) is 102 Å². The largest absolute Gasteiger partial charge is 0.264 e. The Labute approximate surface area is 188 Å². The second-order valence-electron chi connectivity index (χ2n) is 6.73. The van der Waals surface area contributed by atoms with E-state index in [0.29, 0.717) is 5.03 Å². The van der Waals surface area contributed by atoms with Crippen molar-refractivity contribution < 1.29 is 8.42 Å². The Kier molecular flexibility index (Phi) is 7.25. The highest BCUT2D eigenvalue weighted by Crippen LogP contribution is 2.60. The van der Waals surface area contributed by atoms with Crippen LogP contribution in [0.15, 0.2) is 101 Å². The summed E-state index contributed by atoms with van der Waals surface area (Å²) in [4.78, 5) is 0.267. The molecule has 0 N–H and O–H groups in total. The van der Waals surface area contributed by atoms with Crippen LogP contribution in [-0.2, 0) is 21.8 Å².